The van der Waals surface area contributed by atoms with Gasteiger partial charge in [-0.25, -0.2) is 13.1 Å². The van der Waals surface area contributed by atoms with Crippen LogP contribution in [0.15, 0.2) is 0 Å². The Kier molecular flexibility index (Phi) is 2.78. The highest BCUT2D eigenvalue weighted by molar-refractivity contribution is 7.89. The fraction of sp³-hybridized carbons (Fsp3) is 1.00. The summed E-state index contributed by atoms with van der Waals surface area (Å²) in [6.45, 7) is 3.71. The summed E-state index contributed by atoms with van der Waals surface area (Å²) in [6.07, 6.45) is 4.07. The first-order valence-corrected chi connectivity index (χ1v) is 6.20. The summed E-state index contributed by atoms with van der Waals surface area (Å²) in [5.74, 6) is 0.189. The van der Waals surface area contributed by atoms with E-state index < -0.39 is 10.0 Å². The molecule has 0 saturated heterocycles. The molecule has 4 heteroatoms. The Balaban J connectivity index is 2.60. The summed E-state index contributed by atoms with van der Waals surface area (Å²) in [5.41, 5.74) is -0.0884. The minimum Gasteiger partial charge on any atom is -0.212 e. The zero-order valence-electron chi connectivity index (χ0n) is 7.76. The lowest BCUT2D eigenvalue weighted by atomic mass is 9.76. The Hall–Kier alpha value is -0.0900. The lowest BCUT2D eigenvalue weighted by Gasteiger charge is -2.41. The van der Waals surface area contributed by atoms with Crippen LogP contribution < -0.4 is 4.72 Å². The van der Waals surface area contributed by atoms with E-state index in [1.807, 2.05) is 6.92 Å². The summed E-state index contributed by atoms with van der Waals surface area (Å²) in [7, 11) is -3.00. The standard InChI is InChI=1S/C8H17NO2S/c1-3-8(6-5-7-8)9-12(10,11)4-2/h9H,3-7H2,1-2H3. The minimum absolute atomic E-state index is 0.0884. The second kappa shape index (κ2) is 3.34. The average molecular weight is 191 g/mol. The Labute approximate surface area is 74.6 Å². The molecule has 1 aliphatic carbocycles. The fourth-order valence-electron chi connectivity index (χ4n) is 1.53. The third kappa shape index (κ3) is 1.98. The van der Waals surface area contributed by atoms with Gasteiger partial charge in [0.05, 0.1) is 5.75 Å². The molecule has 0 aliphatic heterocycles. The number of rotatable bonds is 4. The molecule has 1 saturated carbocycles. The second-order valence-electron chi connectivity index (χ2n) is 3.49. The summed E-state index contributed by atoms with van der Waals surface area (Å²) >= 11 is 0. The molecule has 0 radical (unpaired) electrons. The van der Waals surface area contributed by atoms with Crippen LogP contribution in [-0.4, -0.2) is 19.7 Å². The summed E-state index contributed by atoms with van der Waals surface area (Å²) < 4.78 is 25.3. The fourth-order valence-corrected chi connectivity index (χ4v) is 2.69. The molecule has 72 valence electrons. The van der Waals surface area contributed by atoms with E-state index in [4.69, 9.17) is 0 Å². The minimum atomic E-state index is -3.00. The molecule has 1 aliphatic rings. The molecule has 1 N–H and O–H groups in total. The Morgan fingerprint density at radius 1 is 1.33 bits per heavy atom. The third-order valence-corrected chi connectivity index (χ3v) is 4.24. The van der Waals surface area contributed by atoms with Crippen LogP contribution in [0.1, 0.15) is 39.5 Å². The highest BCUT2D eigenvalue weighted by Crippen LogP contribution is 2.35. The number of hydrogen-bond donors (Lipinski definition) is 1. The third-order valence-electron chi connectivity index (χ3n) is 2.74. The van der Waals surface area contributed by atoms with Crippen molar-refractivity contribution in [3.8, 4) is 0 Å². The number of nitrogens with one attached hydrogen (secondary N) is 1. The van der Waals surface area contributed by atoms with E-state index in [-0.39, 0.29) is 11.3 Å². The van der Waals surface area contributed by atoms with Gasteiger partial charge in [-0.05, 0) is 32.6 Å². The van der Waals surface area contributed by atoms with Gasteiger partial charge >= 0.3 is 0 Å². The molecule has 0 aromatic carbocycles. The van der Waals surface area contributed by atoms with Gasteiger partial charge in [0.1, 0.15) is 0 Å². The van der Waals surface area contributed by atoms with Crippen LogP contribution in [0.3, 0.4) is 0 Å². The van der Waals surface area contributed by atoms with Crippen LogP contribution >= 0.6 is 0 Å². The molecule has 1 rings (SSSR count). The topological polar surface area (TPSA) is 46.2 Å². The van der Waals surface area contributed by atoms with Crippen LogP contribution in [-0.2, 0) is 10.0 Å². The molecule has 3 nitrogen and oxygen atoms in total. The van der Waals surface area contributed by atoms with Crippen LogP contribution in [0.4, 0.5) is 0 Å². The van der Waals surface area contributed by atoms with Gasteiger partial charge in [-0.2, -0.15) is 0 Å². The van der Waals surface area contributed by atoms with Crippen LogP contribution in [0.2, 0.25) is 0 Å². The summed E-state index contributed by atoms with van der Waals surface area (Å²) in [6, 6.07) is 0. The highest BCUT2D eigenvalue weighted by Gasteiger charge is 2.37. The number of sulfonamides is 1. The van der Waals surface area contributed by atoms with Crippen molar-refractivity contribution >= 4 is 10.0 Å². The van der Waals surface area contributed by atoms with E-state index >= 15 is 0 Å². The maximum Gasteiger partial charge on any atom is 0.211 e. The van der Waals surface area contributed by atoms with Gasteiger partial charge in [0, 0.05) is 5.54 Å². The molecule has 12 heavy (non-hydrogen) atoms. The van der Waals surface area contributed by atoms with E-state index in [0.29, 0.717) is 0 Å². The molecule has 0 unspecified atom stereocenters. The molecule has 0 aromatic rings. The van der Waals surface area contributed by atoms with Gasteiger partial charge in [0.15, 0.2) is 0 Å². The lowest BCUT2D eigenvalue weighted by molar-refractivity contribution is 0.214. The molecule has 1 fully saturated rings. The molecule has 0 aromatic heterocycles. The van der Waals surface area contributed by atoms with Crippen LogP contribution in [0.5, 0.6) is 0 Å². The molecule has 0 spiro atoms. The van der Waals surface area contributed by atoms with E-state index in [0.717, 1.165) is 25.7 Å². The Morgan fingerprint density at radius 3 is 2.17 bits per heavy atom. The van der Waals surface area contributed by atoms with E-state index in [1.165, 1.54) is 0 Å². The Morgan fingerprint density at radius 2 is 1.92 bits per heavy atom. The van der Waals surface area contributed by atoms with Gasteiger partial charge in [-0.15, -0.1) is 0 Å². The van der Waals surface area contributed by atoms with E-state index in [9.17, 15) is 8.42 Å². The van der Waals surface area contributed by atoms with Crippen LogP contribution in [0.25, 0.3) is 0 Å². The van der Waals surface area contributed by atoms with Crippen molar-refractivity contribution in [2.24, 2.45) is 0 Å². The Bertz CT molecular complexity index is 236. The monoisotopic (exact) mass is 191 g/mol. The highest BCUT2D eigenvalue weighted by atomic mass is 32.2. The van der Waals surface area contributed by atoms with Gasteiger partial charge < -0.3 is 0 Å². The average Bonchev–Trinajstić information content (AvgIpc) is 1.97. The van der Waals surface area contributed by atoms with E-state index in [1.54, 1.807) is 6.92 Å². The zero-order chi connectivity index (χ0) is 9.24. The first-order chi connectivity index (χ1) is 5.54. The van der Waals surface area contributed by atoms with Crippen molar-refractivity contribution in [2.45, 2.75) is 45.1 Å². The van der Waals surface area contributed by atoms with Crippen molar-refractivity contribution in [1.82, 2.24) is 4.72 Å². The molecule has 0 atom stereocenters. The van der Waals surface area contributed by atoms with Crippen molar-refractivity contribution in [2.75, 3.05) is 5.75 Å². The zero-order valence-corrected chi connectivity index (χ0v) is 8.58. The molecule has 0 bridgehead atoms. The summed E-state index contributed by atoms with van der Waals surface area (Å²) in [5, 5.41) is 0. The van der Waals surface area contributed by atoms with Crippen molar-refractivity contribution in [1.29, 1.82) is 0 Å². The van der Waals surface area contributed by atoms with Crippen LogP contribution in [0, 0.1) is 0 Å². The number of hydrogen-bond acceptors (Lipinski definition) is 2. The smallest absolute Gasteiger partial charge is 0.211 e. The molecular weight excluding hydrogens is 174 g/mol. The molecule has 0 heterocycles. The first-order valence-electron chi connectivity index (χ1n) is 4.55. The van der Waals surface area contributed by atoms with E-state index in [2.05, 4.69) is 4.72 Å². The normalized spacial score (nSPS) is 21.8. The molecular formula is C8H17NO2S. The van der Waals surface area contributed by atoms with Crippen molar-refractivity contribution in [3.05, 3.63) is 0 Å². The van der Waals surface area contributed by atoms with Crippen molar-refractivity contribution < 1.29 is 8.42 Å². The van der Waals surface area contributed by atoms with Gasteiger partial charge in [0.2, 0.25) is 10.0 Å². The van der Waals surface area contributed by atoms with Crippen molar-refractivity contribution in [3.63, 3.8) is 0 Å². The SMILES string of the molecule is CCC1(NS(=O)(=O)CC)CCC1. The summed E-state index contributed by atoms with van der Waals surface area (Å²) in [4.78, 5) is 0. The van der Waals surface area contributed by atoms with Gasteiger partial charge in [0.25, 0.3) is 0 Å². The predicted molar refractivity (Wildman–Crippen MR) is 49.5 cm³/mol. The first kappa shape index (κ1) is 9.99. The van der Waals surface area contributed by atoms with Gasteiger partial charge in [-0.3, -0.25) is 0 Å². The maximum absolute atomic E-state index is 11.3. The predicted octanol–water partition coefficient (Wildman–Crippen LogP) is 1.26. The second-order valence-corrected chi connectivity index (χ2v) is 5.50. The lowest BCUT2D eigenvalue weighted by Crippen LogP contribution is -2.53. The quantitative estimate of drug-likeness (QED) is 0.727. The molecule has 0 amide bonds. The maximum atomic E-state index is 11.3. The largest absolute Gasteiger partial charge is 0.212 e. The van der Waals surface area contributed by atoms with Gasteiger partial charge in [-0.1, -0.05) is 6.92 Å².